The van der Waals surface area contributed by atoms with E-state index in [-0.39, 0.29) is 25.9 Å². The van der Waals surface area contributed by atoms with Gasteiger partial charge >= 0.3 is 25.7 Å². The summed E-state index contributed by atoms with van der Waals surface area (Å²) in [5, 5.41) is 9.75. The van der Waals surface area contributed by atoms with Gasteiger partial charge in [0.05, 0.1) is 19.8 Å². The first-order valence-electron chi connectivity index (χ1n) is 25.5. The number of aliphatic hydroxyl groups is 1. The highest BCUT2D eigenvalue weighted by molar-refractivity contribution is 7.47. The van der Waals surface area contributed by atoms with Crippen molar-refractivity contribution in [3.8, 4) is 0 Å². The van der Waals surface area contributed by atoms with Gasteiger partial charge in [0, 0.05) is 19.3 Å². The van der Waals surface area contributed by atoms with Crippen LogP contribution in [0.2, 0.25) is 0 Å². The summed E-state index contributed by atoms with van der Waals surface area (Å²) in [7, 11) is -4.74. The number of carbonyl (C=O) groups is 3. The van der Waals surface area contributed by atoms with E-state index in [1.54, 1.807) is 0 Å². The summed E-state index contributed by atoms with van der Waals surface area (Å²) >= 11 is 0. The molecular weight excluding hydrogens is 832 g/mol. The minimum absolute atomic E-state index is 0.154. The first-order chi connectivity index (χ1) is 31.2. The van der Waals surface area contributed by atoms with E-state index in [0.29, 0.717) is 19.3 Å². The molecule has 0 saturated carbocycles. The van der Waals surface area contributed by atoms with E-state index in [4.69, 9.17) is 23.3 Å². The van der Waals surface area contributed by atoms with Crippen LogP contribution >= 0.6 is 7.82 Å². The Kier molecular flexibility index (Phi) is 45.1. The quantitative estimate of drug-likeness (QED) is 0.0197. The van der Waals surface area contributed by atoms with Gasteiger partial charge in [-0.2, -0.15) is 0 Å². The van der Waals surface area contributed by atoms with E-state index >= 15 is 0 Å². The zero-order valence-corrected chi connectivity index (χ0v) is 41.6. The molecule has 0 bridgehead atoms. The van der Waals surface area contributed by atoms with Gasteiger partial charge in [-0.15, -0.1) is 0 Å². The van der Waals surface area contributed by atoms with Crippen LogP contribution in [0, 0.1) is 0 Å². The Balaban J connectivity index is 4.76. The Labute approximate surface area is 390 Å². The Bertz CT molecular complexity index is 1260. The van der Waals surface area contributed by atoms with Gasteiger partial charge in [0.2, 0.25) is 0 Å². The van der Waals surface area contributed by atoms with E-state index in [1.165, 1.54) is 44.9 Å². The third-order valence-electron chi connectivity index (χ3n) is 10.7. The lowest BCUT2D eigenvalue weighted by molar-refractivity contribution is -0.161. The molecule has 0 saturated heterocycles. The zero-order chi connectivity index (χ0) is 47.0. The molecule has 0 rings (SSSR count). The number of aliphatic hydroxyl groups excluding tert-OH is 1. The van der Waals surface area contributed by atoms with E-state index in [0.717, 1.165) is 122 Å². The normalized spacial score (nSPS) is 13.9. The fourth-order valence-electron chi connectivity index (χ4n) is 6.70. The first kappa shape index (κ1) is 61.4. The van der Waals surface area contributed by atoms with Gasteiger partial charge in [0.1, 0.15) is 12.7 Å². The fourth-order valence-corrected chi connectivity index (χ4v) is 7.48. The maximum absolute atomic E-state index is 12.8. The number of ether oxygens (including phenoxy) is 3. The van der Waals surface area contributed by atoms with Gasteiger partial charge in [-0.05, 0) is 89.9 Å². The first-order valence-corrected chi connectivity index (χ1v) is 27.0. The van der Waals surface area contributed by atoms with Crippen molar-refractivity contribution >= 4 is 25.7 Å². The SMILES string of the molecule is CCCC/C=C\CCCCCCCC(=O)OC(CO)COP(=O)(O)OCC(COC(=O)CCCCCCC/C=C\C/C=C\CCCCC)OC(=O)CCCCCCC/C=C\CCCC. The standard InChI is InChI=1S/C52H93O11P/c1-4-7-10-13-16-19-22-23-24-25-28-29-32-35-38-41-50(54)59-45-49(63-52(56)43-40-37-34-31-27-21-18-15-12-9-6-3)47-61-64(57,58)60-46-48(44-53)62-51(55)42-39-36-33-30-26-20-17-14-11-8-5-2/h14-19,23-24,48-49,53H,4-13,20-22,25-47H2,1-3H3,(H,57,58)/b17-14-,18-15-,19-16-,24-23-. The Morgan fingerprint density at radius 1 is 0.438 bits per heavy atom. The number of unbranched alkanes of at least 4 members (excludes halogenated alkanes) is 22. The van der Waals surface area contributed by atoms with E-state index in [2.05, 4.69) is 69.4 Å². The summed E-state index contributed by atoms with van der Waals surface area (Å²) in [6, 6.07) is 0. The second-order valence-electron chi connectivity index (χ2n) is 17.0. The van der Waals surface area contributed by atoms with Crippen LogP contribution in [0.25, 0.3) is 0 Å². The third-order valence-corrected chi connectivity index (χ3v) is 11.6. The molecule has 11 nitrogen and oxygen atoms in total. The smallest absolute Gasteiger partial charge is 0.462 e. The number of hydrogen-bond acceptors (Lipinski definition) is 10. The zero-order valence-electron chi connectivity index (χ0n) is 40.7. The highest BCUT2D eigenvalue weighted by Crippen LogP contribution is 2.43. The Morgan fingerprint density at radius 3 is 1.22 bits per heavy atom. The molecule has 0 radical (unpaired) electrons. The van der Waals surface area contributed by atoms with Crippen molar-refractivity contribution in [2.75, 3.05) is 26.4 Å². The molecule has 0 heterocycles. The van der Waals surface area contributed by atoms with Crippen molar-refractivity contribution in [1.29, 1.82) is 0 Å². The molecule has 0 spiro atoms. The third kappa shape index (κ3) is 44.6. The Hall–Kier alpha value is -2.56. The Morgan fingerprint density at radius 2 is 0.781 bits per heavy atom. The molecule has 64 heavy (non-hydrogen) atoms. The summed E-state index contributed by atoms with van der Waals surface area (Å²) in [5.74, 6) is -1.50. The molecule has 0 fully saturated rings. The van der Waals surface area contributed by atoms with E-state index in [9.17, 15) is 28.9 Å². The summed E-state index contributed by atoms with van der Waals surface area (Å²) in [6.45, 7) is 4.49. The van der Waals surface area contributed by atoms with Crippen LogP contribution < -0.4 is 0 Å². The van der Waals surface area contributed by atoms with Crippen molar-refractivity contribution in [2.45, 2.75) is 238 Å². The number of hydrogen-bond donors (Lipinski definition) is 2. The highest BCUT2D eigenvalue weighted by Gasteiger charge is 2.28. The largest absolute Gasteiger partial charge is 0.472 e. The number of phosphoric ester groups is 1. The topological polar surface area (TPSA) is 155 Å². The van der Waals surface area contributed by atoms with Gasteiger partial charge in [0.15, 0.2) is 6.10 Å². The molecule has 3 unspecified atom stereocenters. The van der Waals surface area contributed by atoms with Crippen molar-refractivity contribution in [3.63, 3.8) is 0 Å². The van der Waals surface area contributed by atoms with Crippen molar-refractivity contribution in [3.05, 3.63) is 48.6 Å². The minimum atomic E-state index is -4.74. The number of phosphoric acid groups is 1. The molecule has 3 atom stereocenters. The van der Waals surface area contributed by atoms with Crippen LogP contribution in [0.5, 0.6) is 0 Å². The number of rotatable bonds is 47. The summed E-state index contributed by atoms with van der Waals surface area (Å²) in [5.41, 5.74) is 0. The molecule has 0 aromatic rings. The lowest BCUT2D eigenvalue weighted by Gasteiger charge is -2.21. The maximum atomic E-state index is 12.8. The molecule has 0 aliphatic rings. The van der Waals surface area contributed by atoms with Gasteiger partial charge in [-0.3, -0.25) is 23.4 Å². The van der Waals surface area contributed by atoms with E-state index < -0.39 is 57.8 Å². The van der Waals surface area contributed by atoms with Gasteiger partial charge in [-0.25, -0.2) is 4.57 Å². The van der Waals surface area contributed by atoms with Gasteiger partial charge in [0.25, 0.3) is 0 Å². The molecule has 0 aliphatic carbocycles. The number of carbonyl (C=O) groups excluding carboxylic acids is 3. The van der Waals surface area contributed by atoms with Gasteiger partial charge in [-0.1, -0.05) is 166 Å². The predicted octanol–water partition coefficient (Wildman–Crippen LogP) is 14.2. The molecule has 0 aromatic heterocycles. The molecule has 2 N–H and O–H groups in total. The summed E-state index contributed by atoms with van der Waals surface area (Å²) in [6.07, 6.45) is 46.5. The van der Waals surface area contributed by atoms with Crippen molar-refractivity contribution in [2.24, 2.45) is 0 Å². The van der Waals surface area contributed by atoms with Crippen LogP contribution in [-0.2, 0) is 42.2 Å². The highest BCUT2D eigenvalue weighted by atomic mass is 31.2. The monoisotopic (exact) mass is 925 g/mol. The van der Waals surface area contributed by atoms with Crippen LogP contribution in [0.15, 0.2) is 48.6 Å². The lowest BCUT2D eigenvalue weighted by atomic mass is 10.1. The van der Waals surface area contributed by atoms with Crippen molar-refractivity contribution in [1.82, 2.24) is 0 Å². The number of allylic oxidation sites excluding steroid dienone is 8. The maximum Gasteiger partial charge on any atom is 0.472 e. The average Bonchev–Trinajstić information content (AvgIpc) is 3.28. The molecule has 0 amide bonds. The second kappa shape index (κ2) is 47.0. The molecule has 372 valence electrons. The molecule has 12 heteroatoms. The minimum Gasteiger partial charge on any atom is -0.462 e. The van der Waals surface area contributed by atoms with Crippen LogP contribution in [0.1, 0.15) is 226 Å². The predicted molar refractivity (Wildman–Crippen MR) is 261 cm³/mol. The summed E-state index contributed by atoms with van der Waals surface area (Å²) < 4.78 is 39.2. The molecule has 0 aromatic carbocycles. The van der Waals surface area contributed by atoms with Crippen LogP contribution in [0.3, 0.4) is 0 Å². The number of esters is 3. The van der Waals surface area contributed by atoms with E-state index in [1.807, 2.05) is 0 Å². The average molecular weight is 925 g/mol. The van der Waals surface area contributed by atoms with Crippen LogP contribution in [-0.4, -0.2) is 66.5 Å². The van der Waals surface area contributed by atoms with Crippen LogP contribution in [0.4, 0.5) is 0 Å². The van der Waals surface area contributed by atoms with Crippen molar-refractivity contribution < 1.29 is 52.2 Å². The lowest BCUT2D eigenvalue weighted by Crippen LogP contribution is -2.30. The molecule has 0 aliphatic heterocycles. The van der Waals surface area contributed by atoms with Gasteiger partial charge < -0.3 is 24.2 Å². The fraction of sp³-hybridized carbons (Fsp3) is 0.788. The molecular formula is C52H93O11P. The second-order valence-corrected chi connectivity index (χ2v) is 18.4. The summed E-state index contributed by atoms with van der Waals surface area (Å²) in [4.78, 5) is 48.2.